The fraction of sp³-hybridized carbons (Fsp3) is 0.625. The maximum absolute atomic E-state index is 13.3. The Morgan fingerprint density at radius 2 is 2.05 bits per heavy atom. The molecule has 3 nitrogen and oxygen atoms in total. The molecule has 2 unspecified atom stereocenters. The van der Waals surface area contributed by atoms with Gasteiger partial charge in [-0.1, -0.05) is 12.1 Å². The monoisotopic (exact) mass is 277 g/mol. The number of nitrogens with one attached hydrogen (secondary N) is 1. The van der Waals surface area contributed by atoms with Gasteiger partial charge in [0.25, 0.3) is 0 Å². The van der Waals surface area contributed by atoms with Gasteiger partial charge >= 0.3 is 0 Å². The van der Waals surface area contributed by atoms with Crippen LogP contribution in [0, 0.1) is 5.82 Å². The highest BCUT2D eigenvalue weighted by Crippen LogP contribution is 2.27. The van der Waals surface area contributed by atoms with Gasteiger partial charge in [-0.25, -0.2) is 4.39 Å². The molecule has 20 heavy (non-hydrogen) atoms. The predicted molar refractivity (Wildman–Crippen MR) is 79.2 cm³/mol. The van der Waals surface area contributed by atoms with E-state index < -0.39 is 0 Å². The van der Waals surface area contributed by atoms with Gasteiger partial charge in [0, 0.05) is 51.4 Å². The Kier molecular flexibility index (Phi) is 4.34. The molecule has 2 aliphatic rings. The highest BCUT2D eigenvalue weighted by Gasteiger charge is 2.31. The summed E-state index contributed by atoms with van der Waals surface area (Å²) in [6.07, 6.45) is 1.24. The third-order valence-corrected chi connectivity index (χ3v) is 4.74. The minimum atomic E-state index is -0.132. The SMILES string of the molecule is CC(c1cccc(F)c1)N1CCC(N2CCNCC2)C1. The van der Waals surface area contributed by atoms with E-state index in [4.69, 9.17) is 0 Å². The second-order valence-electron chi connectivity index (χ2n) is 5.95. The summed E-state index contributed by atoms with van der Waals surface area (Å²) in [6, 6.07) is 8.01. The van der Waals surface area contributed by atoms with E-state index in [1.165, 1.54) is 12.5 Å². The summed E-state index contributed by atoms with van der Waals surface area (Å²) in [5, 5.41) is 3.41. The molecule has 1 aromatic rings. The molecule has 2 aliphatic heterocycles. The number of nitrogens with zero attached hydrogens (tertiary/aromatic N) is 2. The highest BCUT2D eigenvalue weighted by molar-refractivity contribution is 5.20. The highest BCUT2D eigenvalue weighted by atomic mass is 19.1. The summed E-state index contributed by atoms with van der Waals surface area (Å²) in [5.41, 5.74) is 1.09. The van der Waals surface area contributed by atoms with Gasteiger partial charge in [0.15, 0.2) is 0 Å². The quantitative estimate of drug-likeness (QED) is 0.910. The summed E-state index contributed by atoms with van der Waals surface area (Å²) in [6.45, 7) is 8.95. The van der Waals surface area contributed by atoms with Gasteiger partial charge in [0.05, 0.1) is 0 Å². The van der Waals surface area contributed by atoms with Crippen molar-refractivity contribution < 1.29 is 4.39 Å². The maximum Gasteiger partial charge on any atom is 0.123 e. The smallest absolute Gasteiger partial charge is 0.123 e. The molecule has 0 saturated carbocycles. The van der Waals surface area contributed by atoms with Gasteiger partial charge in [-0.15, -0.1) is 0 Å². The second-order valence-corrected chi connectivity index (χ2v) is 5.95. The van der Waals surface area contributed by atoms with Crippen LogP contribution in [0.1, 0.15) is 24.9 Å². The zero-order chi connectivity index (χ0) is 13.9. The Morgan fingerprint density at radius 1 is 1.25 bits per heavy atom. The number of rotatable bonds is 3. The van der Waals surface area contributed by atoms with Crippen LogP contribution in [-0.4, -0.2) is 55.1 Å². The number of piperazine rings is 1. The molecule has 110 valence electrons. The first kappa shape index (κ1) is 14.0. The Balaban J connectivity index is 1.61. The van der Waals surface area contributed by atoms with E-state index in [0.29, 0.717) is 12.1 Å². The van der Waals surface area contributed by atoms with Gasteiger partial charge in [-0.05, 0) is 31.0 Å². The van der Waals surface area contributed by atoms with Crippen LogP contribution < -0.4 is 5.32 Å². The van der Waals surface area contributed by atoms with Gasteiger partial charge in [-0.3, -0.25) is 9.80 Å². The van der Waals surface area contributed by atoms with Crippen molar-refractivity contribution in [1.29, 1.82) is 0 Å². The van der Waals surface area contributed by atoms with Crippen molar-refractivity contribution in [3.8, 4) is 0 Å². The Bertz CT molecular complexity index is 445. The van der Waals surface area contributed by atoms with Crippen molar-refractivity contribution in [3.63, 3.8) is 0 Å². The summed E-state index contributed by atoms with van der Waals surface area (Å²) >= 11 is 0. The molecule has 2 heterocycles. The van der Waals surface area contributed by atoms with E-state index in [1.54, 1.807) is 6.07 Å². The van der Waals surface area contributed by atoms with E-state index in [1.807, 2.05) is 12.1 Å². The Hall–Kier alpha value is -0.970. The second kappa shape index (κ2) is 6.20. The molecule has 3 rings (SSSR count). The molecule has 0 bridgehead atoms. The van der Waals surface area contributed by atoms with Gasteiger partial charge in [0.1, 0.15) is 5.82 Å². The summed E-state index contributed by atoms with van der Waals surface area (Å²) in [5.74, 6) is -0.132. The first-order chi connectivity index (χ1) is 9.74. The van der Waals surface area contributed by atoms with Crippen LogP contribution in [0.4, 0.5) is 4.39 Å². The van der Waals surface area contributed by atoms with Crippen LogP contribution in [0.5, 0.6) is 0 Å². The summed E-state index contributed by atoms with van der Waals surface area (Å²) in [7, 11) is 0. The Labute approximate surface area is 120 Å². The average Bonchev–Trinajstić information content (AvgIpc) is 2.97. The lowest BCUT2D eigenvalue weighted by atomic mass is 10.1. The predicted octanol–water partition coefficient (Wildman–Crippen LogP) is 1.87. The molecule has 0 amide bonds. The number of hydrogen-bond donors (Lipinski definition) is 1. The van der Waals surface area contributed by atoms with E-state index in [9.17, 15) is 4.39 Å². The molecule has 2 saturated heterocycles. The van der Waals surface area contributed by atoms with Crippen LogP contribution in [0.2, 0.25) is 0 Å². The van der Waals surface area contributed by atoms with Gasteiger partial charge in [-0.2, -0.15) is 0 Å². The number of hydrogen-bond acceptors (Lipinski definition) is 3. The van der Waals surface area contributed by atoms with Crippen molar-refractivity contribution in [1.82, 2.24) is 15.1 Å². The molecule has 4 heteroatoms. The topological polar surface area (TPSA) is 18.5 Å². The minimum absolute atomic E-state index is 0.132. The van der Waals surface area contributed by atoms with E-state index in [0.717, 1.165) is 44.8 Å². The van der Waals surface area contributed by atoms with Crippen LogP contribution >= 0.6 is 0 Å². The molecule has 0 aliphatic carbocycles. The summed E-state index contributed by atoms with van der Waals surface area (Å²) in [4.78, 5) is 5.09. The number of likely N-dealkylation sites (tertiary alicyclic amines) is 1. The first-order valence-corrected chi connectivity index (χ1v) is 7.68. The standard InChI is InChI=1S/C16H24FN3/c1-13(14-3-2-4-15(17)11-14)20-8-5-16(12-20)19-9-6-18-7-10-19/h2-4,11,13,16,18H,5-10,12H2,1H3. The van der Waals surface area contributed by atoms with Gasteiger partial charge < -0.3 is 5.32 Å². The molecular formula is C16H24FN3. The molecule has 2 atom stereocenters. The minimum Gasteiger partial charge on any atom is -0.314 e. The zero-order valence-electron chi connectivity index (χ0n) is 12.2. The van der Waals surface area contributed by atoms with Crippen molar-refractivity contribution >= 4 is 0 Å². The van der Waals surface area contributed by atoms with Crippen molar-refractivity contribution in [2.75, 3.05) is 39.3 Å². The van der Waals surface area contributed by atoms with Crippen LogP contribution in [0.15, 0.2) is 24.3 Å². The average molecular weight is 277 g/mol. The van der Waals surface area contributed by atoms with E-state index in [2.05, 4.69) is 22.0 Å². The van der Waals surface area contributed by atoms with Crippen LogP contribution in [-0.2, 0) is 0 Å². The van der Waals surface area contributed by atoms with Crippen molar-refractivity contribution in [2.45, 2.75) is 25.4 Å². The van der Waals surface area contributed by atoms with Crippen LogP contribution in [0.3, 0.4) is 0 Å². The summed E-state index contributed by atoms with van der Waals surface area (Å²) < 4.78 is 13.3. The molecule has 2 fully saturated rings. The van der Waals surface area contributed by atoms with Crippen molar-refractivity contribution in [3.05, 3.63) is 35.6 Å². The molecule has 1 aromatic carbocycles. The van der Waals surface area contributed by atoms with Gasteiger partial charge in [0.2, 0.25) is 0 Å². The lowest BCUT2D eigenvalue weighted by Crippen LogP contribution is -2.49. The van der Waals surface area contributed by atoms with E-state index in [-0.39, 0.29) is 5.82 Å². The fourth-order valence-corrected chi connectivity index (χ4v) is 3.44. The lowest BCUT2D eigenvalue weighted by Gasteiger charge is -2.33. The largest absolute Gasteiger partial charge is 0.314 e. The molecule has 0 spiro atoms. The number of halogens is 1. The zero-order valence-corrected chi connectivity index (χ0v) is 12.2. The first-order valence-electron chi connectivity index (χ1n) is 7.68. The Morgan fingerprint density at radius 3 is 2.80 bits per heavy atom. The third kappa shape index (κ3) is 3.03. The molecule has 0 aromatic heterocycles. The maximum atomic E-state index is 13.3. The number of benzene rings is 1. The van der Waals surface area contributed by atoms with E-state index >= 15 is 0 Å². The molecule has 1 N–H and O–H groups in total. The fourth-order valence-electron chi connectivity index (χ4n) is 3.44. The third-order valence-electron chi connectivity index (χ3n) is 4.74. The van der Waals surface area contributed by atoms with Crippen LogP contribution in [0.25, 0.3) is 0 Å². The lowest BCUT2D eigenvalue weighted by molar-refractivity contribution is 0.162. The normalized spacial score (nSPS) is 26.8. The van der Waals surface area contributed by atoms with Crippen molar-refractivity contribution in [2.24, 2.45) is 0 Å². The molecular weight excluding hydrogens is 253 g/mol. The molecule has 0 radical (unpaired) electrons.